The third-order valence-corrected chi connectivity index (χ3v) is 0. The Kier molecular flexibility index (Phi) is 145. The molecule has 0 fully saturated rings. The van der Waals surface area contributed by atoms with Crippen LogP contribution in [0, 0.1) is 0 Å². The van der Waals surface area contributed by atoms with E-state index >= 15 is 0 Å². The van der Waals surface area contributed by atoms with Gasteiger partial charge in [-0.15, -0.1) is 0 Å². The molecule has 0 atom stereocenters. The molecule has 0 saturated carbocycles. The van der Waals surface area contributed by atoms with Crippen LogP contribution in [0.25, 0.3) is 0 Å². The van der Waals surface area contributed by atoms with Gasteiger partial charge in [-0.1, -0.05) is 0 Å². The first-order chi connectivity index (χ1) is 0. The Morgan fingerprint density at radius 3 is 1.25 bits per heavy atom. The molecule has 4 heteroatoms. The third kappa shape index (κ3) is 8.83. The summed E-state index contributed by atoms with van der Waals surface area (Å²) in [7, 11) is 0. The van der Waals surface area contributed by atoms with Crippen LogP contribution < -0.4 is 18.9 Å². The van der Waals surface area contributed by atoms with E-state index in [9.17, 15) is 0 Å². The molecule has 0 aliphatic heterocycles. The van der Waals surface area contributed by atoms with Gasteiger partial charge in [-0.2, -0.15) is 0 Å². The van der Waals surface area contributed by atoms with Crippen LogP contribution in [0.5, 0.6) is 0 Å². The minimum atomic E-state index is 0. The molecule has 0 spiro atoms. The SMILES string of the molecule is [AlH3].[Cr].[H-].[H-].[H-].[Li+].[Mg+2]. The fourth-order valence-electron chi connectivity index (χ4n) is 0. The summed E-state index contributed by atoms with van der Waals surface area (Å²) < 4.78 is 0. The first-order valence-corrected chi connectivity index (χ1v) is 0. The summed E-state index contributed by atoms with van der Waals surface area (Å²) in [5.41, 5.74) is 0. The van der Waals surface area contributed by atoms with Crippen molar-refractivity contribution in [2.75, 3.05) is 0 Å². The molecule has 0 aromatic rings. The number of hydrogen-bond donors (Lipinski definition) is 0. The van der Waals surface area contributed by atoms with Crippen molar-refractivity contribution in [2.24, 2.45) is 0 Å². The number of rotatable bonds is 0. The van der Waals surface area contributed by atoms with Crippen molar-refractivity contribution >= 4 is 40.4 Å². The maximum absolute atomic E-state index is 0. The predicted molar refractivity (Wildman–Crippen MR) is 19.0 cm³/mol. The zero-order chi connectivity index (χ0) is 0. The van der Waals surface area contributed by atoms with Gasteiger partial charge in [0.05, 0.1) is 0 Å². The molecule has 0 unspecified atom stereocenters. The molecule has 0 aliphatic rings. The summed E-state index contributed by atoms with van der Waals surface area (Å²) in [5, 5.41) is 0. The molecule has 0 amide bonds. The largest absolute Gasteiger partial charge is 2.00 e. The van der Waals surface area contributed by atoms with Crippen molar-refractivity contribution < 1.29 is 40.5 Å². The summed E-state index contributed by atoms with van der Waals surface area (Å²) in [4.78, 5) is 0. The third-order valence-electron chi connectivity index (χ3n) is 0. The van der Waals surface area contributed by atoms with Crippen molar-refractivity contribution in [1.29, 1.82) is 0 Å². The van der Waals surface area contributed by atoms with Gasteiger partial charge in [0.2, 0.25) is 0 Å². The van der Waals surface area contributed by atoms with E-state index < -0.39 is 0 Å². The molecule has 0 heterocycles. The van der Waals surface area contributed by atoms with E-state index in [-0.39, 0.29) is 80.9 Å². The Bertz CT molecular complexity index is 14.9. The van der Waals surface area contributed by atoms with Gasteiger partial charge in [-0.05, 0) is 0 Å². The standard InChI is InChI=1S/Al.Cr.Li.Mg.6H/q;;+1;+2;;;;3*-1. The van der Waals surface area contributed by atoms with Gasteiger partial charge in [0.1, 0.15) is 0 Å². The normalized spacial score (nSPS) is 0. The molecule has 18 valence electrons. The molecule has 0 nitrogen and oxygen atoms in total. The second-order valence-electron chi connectivity index (χ2n) is 0. The van der Waals surface area contributed by atoms with Gasteiger partial charge in [0.15, 0.2) is 17.4 Å². The van der Waals surface area contributed by atoms with Crippen LogP contribution >= 0.6 is 0 Å². The van der Waals surface area contributed by atoms with Crippen LogP contribution in [0.2, 0.25) is 0 Å². The molecule has 0 aliphatic carbocycles. The van der Waals surface area contributed by atoms with E-state index in [0.717, 1.165) is 0 Å². The molecule has 4 heavy (non-hydrogen) atoms. The van der Waals surface area contributed by atoms with Crippen molar-refractivity contribution in [3.8, 4) is 0 Å². The average molecular weight is 116 g/mol. The minimum Gasteiger partial charge on any atom is -1.00 e. The summed E-state index contributed by atoms with van der Waals surface area (Å²) in [5.74, 6) is 0. The fourth-order valence-corrected chi connectivity index (χ4v) is 0. The molecule has 0 bridgehead atoms. The Hall–Kier alpha value is 2.43. The maximum atomic E-state index is 0. The Balaban J connectivity index is 0. The van der Waals surface area contributed by atoms with Crippen molar-refractivity contribution in [3.63, 3.8) is 0 Å². The van der Waals surface area contributed by atoms with Gasteiger partial charge >= 0.3 is 41.9 Å². The quantitative estimate of drug-likeness (QED) is 0.281. The maximum Gasteiger partial charge on any atom is 2.00 e. The van der Waals surface area contributed by atoms with Gasteiger partial charge < -0.3 is 4.28 Å². The van der Waals surface area contributed by atoms with E-state index in [4.69, 9.17) is 0 Å². The Morgan fingerprint density at radius 1 is 1.25 bits per heavy atom. The van der Waals surface area contributed by atoms with E-state index in [2.05, 4.69) is 0 Å². The second-order valence-corrected chi connectivity index (χ2v) is 0. The van der Waals surface area contributed by atoms with Crippen molar-refractivity contribution in [1.82, 2.24) is 0 Å². The minimum absolute atomic E-state index is 0. The molecular formula is H6AlCrLiMg. The van der Waals surface area contributed by atoms with Gasteiger partial charge in [0, 0.05) is 17.4 Å². The van der Waals surface area contributed by atoms with Crippen molar-refractivity contribution in [3.05, 3.63) is 0 Å². The topological polar surface area (TPSA) is 0 Å². The predicted octanol–water partition coefficient (Wildman–Crippen LogP) is -4.23. The fraction of sp³-hybridized carbons (Fsp3) is 0. The zero-order valence-corrected chi connectivity index (χ0v) is 4.80. The van der Waals surface area contributed by atoms with E-state index in [0.29, 0.717) is 0 Å². The van der Waals surface area contributed by atoms with Crippen LogP contribution in [0.15, 0.2) is 0 Å². The molecule has 0 saturated heterocycles. The van der Waals surface area contributed by atoms with Crippen LogP contribution in [-0.4, -0.2) is 40.4 Å². The summed E-state index contributed by atoms with van der Waals surface area (Å²) >= 11 is 0. The zero-order valence-electron chi connectivity index (χ0n) is 5.12. The van der Waals surface area contributed by atoms with E-state index in [1.165, 1.54) is 0 Å². The first kappa shape index (κ1) is 32.1. The molecule has 0 aromatic heterocycles. The van der Waals surface area contributed by atoms with Gasteiger partial charge in [-0.3, -0.25) is 0 Å². The monoisotopic (exact) mass is 116 g/mol. The summed E-state index contributed by atoms with van der Waals surface area (Å²) in [6, 6.07) is 0. The molecule has 0 radical (unpaired) electrons. The van der Waals surface area contributed by atoms with Gasteiger partial charge in [0.25, 0.3) is 0 Å². The average Bonchev–Trinajstić information content (AvgIpc) is 0. The van der Waals surface area contributed by atoms with Crippen LogP contribution in [0.3, 0.4) is 0 Å². The number of hydrogen-bond acceptors (Lipinski definition) is 0. The van der Waals surface area contributed by atoms with Crippen LogP contribution in [-0.2, 0) is 17.4 Å². The first-order valence-electron chi connectivity index (χ1n) is 0. The van der Waals surface area contributed by atoms with Crippen LogP contribution in [0.1, 0.15) is 4.28 Å². The molecule has 0 N–H and O–H groups in total. The Labute approximate surface area is 80.1 Å². The molecule has 0 rings (SSSR count). The summed E-state index contributed by atoms with van der Waals surface area (Å²) in [6.07, 6.45) is 0. The Morgan fingerprint density at radius 2 is 1.25 bits per heavy atom. The van der Waals surface area contributed by atoms with E-state index in [1.807, 2.05) is 0 Å². The van der Waals surface area contributed by atoms with Gasteiger partial charge in [-0.25, -0.2) is 0 Å². The van der Waals surface area contributed by atoms with E-state index in [1.54, 1.807) is 0 Å². The van der Waals surface area contributed by atoms with Crippen molar-refractivity contribution in [2.45, 2.75) is 0 Å². The van der Waals surface area contributed by atoms with Crippen LogP contribution in [0.4, 0.5) is 0 Å². The molecule has 0 aromatic carbocycles. The molecular weight excluding hydrogens is 110 g/mol. The smallest absolute Gasteiger partial charge is 1.00 e. The second kappa shape index (κ2) is 18.1. The summed E-state index contributed by atoms with van der Waals surface area (Å²) in [6.45, 7) is 0.